The SMILES string of the molecule is O=[Te](=O)([O-])[O-].O=[Te](=O)([O-])[O-].O=[Te](=O)([O-])[O-].O=[Te](=O)([O-])[O-].O=[Te](=O)([O-])[O-].[V+5].[V+5]. The largest absolute Gasteiger partial charge is 5.00 e. The summed E-state index contributed by atoms with van der Waals surface area (Å²) in [5, 5.41) is 0. The van der Waals surface area contributed by atoms with E-state index in [4.69, 9.17) is 65.8 Å². The van der Waals surface area contributed by atoms with Crippen molar-refractivity contribution in [2.75, 3.05) is 0 Å². The van der Waals surface area contributed by atoms with Gasteiger partial charge in [-0.15, -0.1) is 0 Å². The summed E-state index contributed by atoms with van der Waals surface area (Å²) in [6.07, 6.45) is 0. The smallest absolute Gasteiger partial charge is 5.00 e. The molecule has 27 heteroatoms. The second-order valence-corrected chi connectivity index (χ2v) is 13.7. The average molecular weight is 1060 g/mol. The van der Waals surface area contributed by atoms with E-state index in [9.17, 15) is 0 Å². The zero-order valence-corrected chi connectivity index (χ0v) is 25.5. The number of hydrogen-bond donors (Lipinski definition) is 0. The van der Waals surface area contributed by atoms with E-state index >= 15 is 0 Å². The Morgan fingerprint density at radius 1 is 0.259 bits per heavy atom. The van der Waals surface area contributed by atoms with Crippen molar-refractivity contribution in [3.05, 3.63) is 0 Å². The van der Waals surface area contributed by atoms with Crippen LogP contribution in [0, 0.1) is 0 Å². The Bertz CT molecular complexity index is 619. The van der Waals surface area contributed by atoms with Gasteiger partial charge in [0.25, 0.3) is 0 Å². The molecular formula is O20Te5V2. The maximum atomic E-state index is 8.63. The Morgan fingerprint density at radius 2 is 0.259 bits per heavy atom. The van der Waals surface area contributed by atoms with Crippen LogP contribution in [0.5, 0.6) is 0 Å². The van der Waals surface area contributed by atoms with E-state index in [-0.39, 0.29) is 37.1 Å². The molecule has 0 aromatic heterocycles. The molecule has 0 radical (unpaired) electrons. The minimum atomic E-state index is -6.02. The summed E-state index contributed by atoms with van der Waals surface area (Å²) in [6, 6.07) is 0. The zero-order valence-electron chi connectivity index (χ0n) is 11.1. The van der Waals surface area contributed by atoms with Crippen molar-refractivity contribution in [3.63, 3.8) is 0 Å². The maximum absolute atomic E-state index is 8.63. The summed E-state index contributed by atoms with van der Waals surface area (Å²) < 4.78 is 173. The summed E-state index contributed by atoms with van der Waals surface area (Å²) >= 11 is -30.1. The Hall–Kier alpha value is 2.72. The molecule has 0 saturated carbocycles. The zero-order chi connectivity index (χ0) is 22.5. The van der Waals surface area contributed by atoms with E-state index in [0.717, 1.165) is 0 Å². The van der Waals surface area contributed by atoms with Gasteiger partial charge in [-0.05, 0) is 0 Å². The van der Waals surface area contributed by atoms with Crippen LogP contribution in [0.15, 0.2) is 0 Å². The Morgan fingerprint density at radius 3 is 0.259 bits per heavy atom. The van der Waals surface area contributed by atoms with Crippen LogP contribution in [0.4, 0.5) is 0 Å². The third kappa shape index (κ3) is 2780. The second kappa shape index (κ2) is 20.6. The molecule has 0 unspecified atom stereocenters. The molecule has 0 aliphatic rings. The van der Waals surface area contributed by atoms with E-state index in [0.29, 0.717) is 0 Å². The molecule has 27 heavy (non-hydrogen) atoms. The topological polar surface area (TPSA) is 401 Å². The predicted molar refractivity (Wildman–Crippen MR) is 35.6 cm³/mol. The first-order valence-electron chi connectivity index (χ1n) is 3.33. The molecule has 0 bridgehead atoms. The number of rotatable bonds is 0. The van der Waals surface area contributed by atoms with Crippen LogP contribution >= 0.6 is 0 Å². The van der Waals surface area contributed by atoms with Crippen LogP contribution in [-0.2, 0) is 68.2 Å². The summed E-state index contributed by atoms with van der Waals surface area (Å²) in [5.41, 5.74) is 0. The Kier molecular flexibility index (Phi) is 36.2. The third-order valence-corrected chi connectivity index (χ3v) is 0. The fraction of sp³-hybridized carbons (Fsp3) is 0. The fourth-order valence-corrected chi connectivity index (χ4v) is 0. The summed E-state index contributed by atoms with van der Waals surface area (Å²) in [7, 11) is 0. The number of hydrogen-bond acceptors (Lipinski definition) is 20. The Balaban J connectivity index is -0.0000000364. The monoisotopic (exact) mass is 1070 g/mol. The minimum absolute atomic E-state index is 0. The van der Waals surface area contributed by atoms with Crippen molar-refractivity contribution in [1.29, 1.82) is 0 Å². The van der Waals surface area contributed by atoms with Crippen LogP contribution in [0.25, 0.3) is 0 Å². The van der Waals surface area contributed by atoms with Crippen molar-refractivity contribution in [2.45, 2.75) is 0 Å². The van der Waals surface area contributed by atoms with Gasteiger partial charge in [0.05, 0.1) is 0 Å². The van der Waals surface area contributed by atoms with Crippen LogP contribution in [0.1, 0.15) is 0 Å². The molecule has 0 rings (SSSR count). The molecule has 0 aromatic rings. The van der Waals surface area contributed by atoms with Crippen LogP contribution in [-0.4, -0.2) is 94.9 Å². The van der Waals surface area contributed by atoms with Crippen molar-refractivity contribution >= 4 is 94.9 Å². The van der Waals surface area contributed by atoms with Gasteiger partial charge < -0.3 is 0 Å². The normalized spacial score (nSPS) is 10.7. The molecule has 0 N–H and O–H groups in total. The van der Waals surface area contributed by atoms with E-state index in [1.807, 2.05) is 0 Å². The molecule has 0 amide bonds. The Labute approximate surface area is 194 Å². The van der Waals surface area contributed by atoms with E-state index in [1.54, 1.807) is 0 Å². The van der Waals surface area contributed by atoms with Gasteiger partial charge in [0, 0.05) is 0 Å². The summed E-state index contributed by atoms with van der Waals surface area (Å²) in [4.78, 5) is 0. The summed E-state index contributed by atoms with van der Waals surface area (Å²) in [6.45, 7) is 0. The van der Waals surface area contributed by atoms with Crippen molar-refractivity contribution < 1.29 is 103 Å². The molecule has 0 aromatic carbocycles. The van der Waals surface area contributed by atoms with Crippen molar-refractivity contribution in [1.82, 2.24) is 0 Å². The van der Waals surface area contributed by atoms with Gasteiger partial charge in [0.15, 0.2) is 0 Å². The molecule has 20 nitrogen and oxygen atoms in total. The van der Waals surface area contributed by atoms with Crippen molar-refractivity contribution in [3.8, 4) is 0 Å². The molecule has 0 saturated heterocycles. The fourth-order valence-electron chi connectivity index (χ4n) is 0. The van der Waals surface area contributed by atoms with E-state index < -0.39 is 94.9 Å². The second-order valence-electron chi connectivity index (χ2n) is 2.04. The standard InChI is InChI=1S/5H2O4Te.2V/c5*1-5(2,3)4;;/h5*(H2,1,2,3,4);;/q;;;;;2*+5/p-10. The van der Waals surface area contributed by atoms with Crippen LogP contribution in [0.2, 0.25) is 0 Å². The molecular weight excluding hydrogens is 1060 g/mol. The van der Waals surface area contributed by atoms with Crippen molar-refractivity contribution in [2.24, 2.45) is 0 Å². The van der Waals surface area contributed by atoms with Crippen LogP contribution in [0.3, 0.4) is 0 Å². The molecule has 0 atom stereocenters. The first-order valence-corrected chi connectivity index (χ1v) is 22.4. The quantitative estimate of drug-likeness (QED) is 0.203. The first kappa shape index (κ1) is 47.5. The van der Waals surface area contributed by atoms with Gasteiger partial charge in [0.2, 0.25) is 0 Å². The first-order chi connectivity index (χ1) is 10.0. The molecule has 0 heterocycles. The average Bonchev–Trinajstić information content (AvgIpc) is 1.79. The molecule has 0 aliphatic carbocycles. The third-order valence-electron chi connectivity index (χ3n) is 0. The predicted octanol–water partition coefficient (Wildman–Crippen LogP) is -15.0. The van der Waals surface area contributed by atoms with Gasteiger partial charge in [-0.3, -0.25) is 0 Å². The van der Waals surface area contributed by atoms with E-state index in [2.05, 4.69) is 0 Å². The summed E-state index contributed by atoms with van der Waals surface area (Å²) in [5.74, 6) is 0. The van der Waals surface area contributed by atoms with Gasteiger partial charge in [0.1, 0.15) is 0 Å². The van der Waals surface area contributed by atoms with Gasteiger partial charge >= 0.3 is 198 Å². The minimum Gasteiger partial charge on any atom is 5.00 e. The molecule has 0 fully saturated rings. The van der Waals surface area contributed by atoms with E-state index in [1.165, 1.54) is 0 Å². The molecule has 160 valence electrons. The molecule has 0 spiro atoms. The molecule has 0 aliphatic heterocycles. The maximum Gasteiger partial charge on any atom is 5.00 e. The van der Waals surface area contributed by atoms with Crippen LogP contribution < -0.4 is 34.7 Å². The van der Waals surface area contributed by atoms with Gasteiger partial charge in [-0.25, -0.2) is 0 Å². The van der Waals surface area contributed by atoms with Gasteiger partial charge in [-0.1, -0.05) is 0 Å². The van der Waals surface area contributed by atoms with Gasteiger partial charge in [-0.2, -0.15) is 0 Å².